The van der Waals surface area contributed by atoms with E-state index in [1.807, 2.05) is 31.3 Å². The topological polar surface area (TPSA) is 133 Å². The number of carboxylic acids is 1. The van der Waals surface area contributed by atoms with Gasteiger partial charge in [-0.15, -0.1) is 0 Å². The summed E-state index contributed by atoms with van der Waals surface area (Å²) >= 11 is 5.85. The van der Waals surface area contributed by atoms with Crippen LogP contribution in [0.4, 0.5) is 24.9 Å². The van der Waals surface area contributed by atoms with E-state index in [0.29, 0.717) is 29.4 Å². The van der Waals surface area contributed by atoms with Crippen molar-refractivity contribution in [2.45, 2.75) is 36.8 Å². The van der Waals surface area contributed by atoms with E-state index in [1.54, 1.807) is 12.1 Å². The maximum absolute atomic E-state index is 12.5. The molecule has 1 aromatic heterocycles. The predicted molar refractivity (Wildman–Crippen MR) is 143 cm³/mol. The molecule has 39 heavy (non-hydrogen) atoms. The zero-order valence-corrected chi connectivity index (χ0v) is 22.6. The first-order valence-electron chi connectivity index (χ1n) is 12.1. The van der Waals surface area contributed by atoms with Crippen molar-refractivity contribution in [1.29, 1.82) is 0 Å². The number of para-hydroxylation sites is 1. The summed E-state index contributed by atoms with van der Waals surface area (Å²) in [4.78, 5) is 18.4. The highest BCUT2D eigenvalue weighted by Gasteiger charge is 2.38. The molecular formula is C25H29ClF3N5O4S. The lowest BCUT2D eigenvalue weighted by Crippen LogP contribution is -2.32. The number of nitrogens with one attached hydrogen (secondary N) is 3. The van der Waals surface area contributed by atoms with Crippen LogP contribution in [0.5, 0.6) is 0 Å². The first-order valence-corrected chi connectivity index (χ1v) is 14.0. The third kappa shape index (κ3) is 8.94. The molecule has 2 aromatic carbocycles. The molecular weight excluding hydrogens is 559 g/mol. The number of benzene rings is 2. The number of carbonyl (C=O) groups is 1. The summed E-state index contributed by atoms with van der Waals surface area (Å²) in [6, 6.07) is 14.2. The molecule has 3 aromatic rings. The van der Waals surface area contributed by atoms with Crippen LogP contribution in [0.25, 0.3) is 10.9 Å². The number of anilines is 2. The summed E-state index contributed by atoms with van der Waals surface area (Å²) in [5.41, 5.74) is 0.908. The fourth-order valence-corrected chi connectivity index (χ4v) is 5.39. The molecule has 14 heteroatoms. The second kappa shape index (κ2) is 13.3. The molecule has 0 unspecified atom stereocenters. The summed E-state index contributed by atoms with van der Waals surface area (Å²) in [5.74, 6) is -0.443. The molecule has 1 aliphatic rings. The minimum Gasteiger partial charge on any atom is -0.475 e. The minimum absolute atomic E-state index is 0.246. The van der Waals surface area contributed by atoms with E-state index >= 15 is 0 Å². The minimum atomic E-state index is -5.08. The number of halogens is 4. The van der Waals surface area contributed by atoms with Gasteiger partial charge in [-0.25, -0.2) is 22.9 Å². The summed E-state index contributed by atoms with van der Waals surface area (Å²) in [7, 11) is -1.64. The fourth-order valence-electron chi connectivity index (χ4n) is 4.15. The maximum Gasteiger partial charge on any atom is 0.490 e. The number of fused-ring (bicyclic) bond motifs is 1. The molecule has 0 amide bonds. The van der Waals surface area contributed by atoms with Crippen LogP contribution < -0.4 is 15.4 Å². The number of hydrogen-bond acceptors (Lipinski definition) is 7. The molecule has 0 spiro atoms. The van der Waals surface area contributed by atoms with Crippen LogP contribution in [0.1, 0.15) is 25.7 Å². The van der Waals surface area contributed by atoms with Crippen molar-refractivity contribution in [1.82, 2.24) is 14.7 Å². The van der Waals surface area contributed by atoms with Crippen LogP contribution in [0, 0.1) is 11.8 Å². The van der Waals surface area contributed by atoms with Crippen LogP contribution in [0.15, 0.2) is 53.4 Å². The average molecular weight is 588 g/mol. The van der Waals surface area contributed by atoms with Gasteiger partial charge in [0, 0.05) is 30.5 Å². The van der Waals surface area contributed by atoms with Gasteiger partial charge in [-0.2, -0.15) is 18.2 Å². The van der Waals surface area contributed by atoms with Gasteiger partial charge < -0.3 is 15.7 Å². The van der Waals surface area contributed by atoms with Crippen molar-refractivity contribution in [3.05, 3.63) is 53.6 Å². The largest absolute Gasteiger partial charge is 0.490 e. The molecule has 0 atom stereocenters. The molecule has 9 nitrogen and oxygen atoms in total. The third-order valence-corrected chi connectivity index (χ3v) is 7.98. The Morgan fingerprint density at radius 2 is 1.56 bits per heavy atom. The molecule has 0 bridgehead atoms. The van der Waals surface area contributed by atoms with Gasteiger partial charge in [0.1, 0.15) is 5.82 Å². The number of nitrogens with zero attached hydrogens (tertiary/aromatic N) is 2. The van der Waals surface area contributed by atoms with Crippen LogP contribution in [0.3, 0.4) is 0 Å². The van der Waals surface area contributed by atoms with Crippen molar-refractivity contribution >= 4 is 50.3 Å². The van der Waals surface area contributed by atoms with E-state index in [1.165, 1.54) is 12.1 Å². The van der Waals surface area contributed by atoms with E-state index in [2.05, 4.69) is 25.3 Å². The predicted octanol–water partition coefficient (Wildman–Crippen LogP) is 5.16. The van der Waals surface area contributed by atoms with Crippen molar-refractivity contribution in [2.75, 3.05) is 30.8 Å². The first-order chi connectivity index (χ1) is 18.4. The van der Waals surface area contributed by atoms with E-state index in [9.17, 15) is 21.6 Å². The highest BCUT2D eigenvalue weighted by molar-refractivity contribution is 7.89. The molecule has 1 heterocycles. The Kier molecular flexibility index (Phi) is 10.3. The number of carboxylic acid groups (broad SMARTS) is 1. The van der Waals surface area contributed by atoms with Gasteiger partial charge in [0.25, 0.3) is 0 Å². The van der Waals surface area contributed by atoms with E-state index in [4.69, 9.17) is 21.5 Å². The lowest BCUT2D eigenvalue weighted by molar-refractivity contribution is -0.192. The molecule has 4 rings (SSSR count). The average Bonchev–Trinajstić information content (AvgIpc) is 2.91. The van der Waals surface area contributed by atoms with Crippen molar-refractivity contribution in [3.63, 3.8) is 0 Å². The SMILES string of the molecule is CNc1nc(NCC2CCC(CNS(=O)(=O)c3ccc(Cl)cc3)CC2)nc2ccccc12.O=C(O)C(F)(F)F. The molecule has 0 aliphatic heterocycles. The Morgan fingerprint density at radius 1 is 1.00 bits per heavy atom. The van der Waals surface area contributed by atoms with E-state index < -0.39 is 22.2 Å². The Bertz CT molecular complexity index is 1370. The molecule has 0 saturated heterocycles. The van der Waals surface area contributed by atoms with Crippen molar-refractivity contribution < 1.29 is 31.5 Å². The molecule has 4 N–H and O–H groups in total. The Morgan fingerprint density at radius 3 is 2.13 bits per heavy atom. The number of rotatable bonds is 8. The fraction of sp³-hybridized carbons (Fsp3) is 0.400. The summed E-state index contributed by atoms with van der Waals surface area (Å²) in [6.07, 6.45) is -0.995. The zero-order chi connectivity index (χ0) is 28.6. The zero-order valence-electron chi connectivity index (χ0n) is 21.0. The first kappa shape index (κ1) is 30.4. The lowest BCUT2D eigenvalue weighted by Gasteiger charge is -2.28. The van der Waals surface area contributed by atoms with E-state index in [-0.39, 0.29) is 4.90 Å². The highest BCUT2D eigenvalue weighted by atomic mass is 35.5. The second-order valence-corrected chi connectivity index (χ2v) is 11.2. The van der Waals surface area contributed by atoms with Crippen molar-refractivity contribution in [3.8, 4) is 0 Å². The van der Waals surface area contributed by atoms with Gasteiger partial charge in [0.05, 0.1) is 10.4 Å². The standard InChI is InChI=1S/C23H28ClN5O2S.C2HF3O2/c1-25-22-20-4-2-3-5-21(20)28-23(29-22)26-14-16-6-8-17(9-7-16)15-27-32(30,31)19-12-10-18(24)11-13-19;3-2(4,5)1(6)7/h2-5,10-13,16-17,27H,6-9,14-15H2,1H3,(H2,25,26,28,29);(H,6,7). The number of sulfonamides is 1. The van der Waals surface area contributed by atoms with Gasteiger partial charge in [-0.05, 0) is 73.9 Å². The van der Waals surface area contributed by atoms with Gasteiger partial charge in [-0.3, -0.25) is 0 Å². The molecule has 1 fully saturated rings. The Balaban J connectivity index is 0.000000532. The third-order valence-electron chi connectivity index (χ3n) is 6.28. The van der Waals surface area contributed by atoms with E-state index in [0.717, 1.165) is 48.9 Å². The number of aliphatic carboxylic acids is 1. The monoisotopic (exact) mass is 587 g/mol. The van der Waals surface area contributed by atoms with Gasteiger partial charge in [-0.1, -0.05) is 23.7 Å². The number of alkyl halides is 3. The van der Waals surface area contributed by atoms with Crippen LogP contribution in [-0.4, -0.2) is 55.8 Å². The second-order valence-electron chi connectivity index (χ2n) is 9.04. The number of hydrogen-bond donors (Lipinski definition) is 4. The number of aromatic nitrogens is 2. The van der Waals surface area contributed by atoms with Gasteiger partial charge in [0.2, 0.25) is 16.0 Å². The normalized spacial score (nSPS) is 17.7. The quantitative estimate of drug-likeness (QED) is 0.284. The lowest BCUT2D eigenvalue weighted by atomic mass is 9.82. The highest BCUT2D eigenvalue weighted by Crippen LogP contribution is 2.29. The van der Waals surface area contributed by atoms with Gasteiger partial charge in [0.15, 0.2) is 0 Å². The molecule has 212 valence electrons. The smallest absolute Gasteiger partial charge is 0.475 e. The van der Waals surface area contributed by atoms with Crippen LogP contribution in [-0.2, 0) is 14.8 Å². The molecule has 0 radical (unpaired) electrons. The van der Waals surface area contributed by atoms with Crippen LogP contribution in [0.2, 0.25) is 5.02 Å². The molecule has 1 aliphatic carbocycles. The molecule has 1 saturated carbocycles. The summed E-state index contributed by atoms with van der Waals surface area (Å²) in [5, 5.41) is 15.2. The summed E-state index contributed by atoms with van der Waals surface area (Å²) < 4.78 is 59.4. The summed E-state index contributed by atoms with van der Waals surface area (Å²) in [6.45, 7) is 1.27. The van der Waals surface area contributed by atoms with Crippen LogP contribution >= 0.6 is 11.6 Å². The Hall–Kier alpha value is -3.16. The Labute approximate surface area is 229 Å². The van der Waals surface area contributed by atoms with Gasteiger partial charge >= 0.3 is 12.1 Å². The maximum atomic E-state index is 12.5. The van der Waals surface area contributed by atoms with Crippen molar-refractivity contribution in [2.24, 2.45) is 11.8 Å².